The van der Waals surface area contributed by atoms with E-state index >= 15 is 0 Å². The highest BCUT2D eigenvalue weighted by Gasteiger charge is 2.51. The predicted molar refractivity (Wildman–Crippen MR) is 52.9 cm³/mol. The van der Waals surface area contributed by atoms with E-state index in [1.807, 2.05) is 13.0 Å². The van der Waals surface area contributed by atoms with Crippen LogP contribution in [0.15, 0.2) is 11.8 Å². The molecule has 1 saturated carbocycles. The number of hydroxylamine groups is 2. The third-order valence-electron chi connectivity index (χ3n) is 3.19. The van der Waals surface area contributed by atoms with Crippen LogP contribution in [0, 0.1) is 11.8 Å². The lowest BCUT2D eigenvalue weighted by atomic mass is 9.88. The molecular formula is C10H19N2O+. The van der Waals surface area contributed by atoms with Gasteiger partial charge in [-0.3, -0.25) is 0 Å². The molecule has 0 radical (unpaired) electrons. The Morgan fingerprint density at radius 1 is 1.62 bits per heavy atom. The second kappa shape index (κ2) is 3.00. The number of hydrogen-bond donors (Lipinski definition) is 1. The highest BCUT2D eigenvalue weighted by molar-refractivity contribution is 5.22. The van der Waals surface area contributed by atoms with Gasteiger partial charge in [-0.2, -0.15) is 0 Å². The molecule has 0 aromatic heterocycles. The lowest BCUT2D eigenvalue weighted by molar-refractivity contribution is -0.160. The molecule has 1 aliphatic carbocycles. The topological polar surface area (TPSA) is 52.2 Å². The normalized spacial score (nSPS) is 43.2. The van der Waals surface area contributed by atoms with Gasteiger partial charge in [0.15, 0.2) is 0 Å². The fraction of sp³-hybridized carbons (Fsp3) is 0.800. The fourth-order valence-corrected chi connectivity index (χ4v) is 2.63. The summed E-state index contributed by atoms with van der Waals surface area (Å²) in [5, 5.41) is 9.46. The van der Waals surface area contributed by atoms with Crippen molar-refractivity contribution in [1.29, 1.82) is 0 Å². The minimum atomic E-state index is 0.0831. The van der Waals surface area contributed by atoms with Gasteiger partial charge in [0.25, 0.3) is 0 Å². The Morgan fingerprint density at radius 3 is 2.92 bits per heavy atom. The first-order chi connectivity index (χ1) is 6.09. The van der Waals surface area contributed by atoms with Crippen LogP contribution in [0.25, 0.3) is 0 Å². The fourth-order valence-electron chi connectivity index (χ4n) is 2.63. The lowest BCUT2D eigenvalue weighted by Crippen LogP contribution is -2.49. The molecule has 3 heteroatoms. The standard InChI is InChI=1S/C10H18N2O/c1-6-3-8-9(4-6)12(13)10(8)5-7(2)11/h5-9,13H,3-4,11H2,1-2H3/p+1/b10-5+/t6-,7+,8?,9?/m1/s1. The van der Waals surface area contributed by atoms with Crippen molar-refractivity contribution in [2.45, 2.75) is 38.8 Å². The van der Waals surface area contributed by atoms with Crippen molar-refractivity contribution in [2.75, 3.05) is 0 Å². The minimum absolute atomic E-state index is 0.0831. The average molecular weight is 183 g/mol. The van der Waals surface area contributed by atoms with Crippen molar-refractivity contribution in [3.05, 3.63) is 11.8 Å². The van der Waals surface area contributed by atoms with E-state index in [0.717, 1.165) is 11.6 Å². The van der Waals surface area contributed by atoms with Crippen LogP contribution in [0.1, 0.15) is 26.7 Å². The number of nitrogens with two attached hydrogens (primary N) is 1. The van der Waals surface area contributed by atoms with Gasteiger partial charge in [-0.25, -0.2) is 0 Å². The molecule has 0 bridgehead atoms. The molecule has 0 amide bonds. The molecule has 1 heterocycles. The highest BCUT2D eigenvalue weighted by Crippen LogP contribution is 2.48. The van der Waals surface area contributed by atoms with Gasteiger partial charge in [-0.1, -0.05) is 6.92 Å². The summed E-state index contributed by atoms with van der Waals surface area (Å²) in [6.45, 7) is 4.24. The summed E-state index contributed by atoms with van der Waals surface area (Å²) < 4.78 is 0. The summed E-state index contributed by atoms with van der Waals surface area (Å²) in [6, 6.07) is 0.569. The van der Waals surface area contributed by atoms with Crippen LogP contribution < -0.4 is 5.73 Å². The first-order valence-electron chi connectivity index (χ1n) is 5.07. The van der Waals surface area contributed by atoms with E-state index in [2.05, 4.69) is 6.92 Å². The van der Waals surface area contributed by atoms with Gasteiger partial charge in [0, 0.05) is 12.0 Å². The predicted octanol–water partition coefficient (Wildman–Crippen LogP) is 0.587. The molecule has 2 fully saturated rings. The summed E-state index contributed by atoms with van der Waals surface area (Å²) >= 11 is 0. The second-order valence-corrected chi connectivity index (χ2v) is 4.57. The van der Waals surface area contributed by atoms with Crippen LogP contribution in [0.4, 0.5) is 0 Å². The van der Waals surface area contributed by atoms with Gasteiger partial charge >= 0.3 is 0 Å². The van der Waals surface area contributed by atoms with E-state index in [9.17, 15) is 0 Å². The van der Waals surface area contributed by atoms with Crippen molar-refractivity contribution in [3.8, 4) is 0 Å². The third-order valence-corrected chi connectivity index (χ3v) is 3.19. The summed E-state index contributed by atoms with van der Waals surface area (Å²) in [5.74, 6) is 1.42. The number of nitrogens with zero attached hydrogens (tertiary/aromatic N) is 1. The molecule has 2 unspecified atom stereocenters. The third kappa shape index (κ3) is 1.36. The molecule has 0 spiro atoms. The zero-order valence-electron chi connectivity index (χ0n) is 8.33. The molecule has 4 N–H and O–H groups in total. The molecule has 74 valence electrons. The van der Waals surface area contributed by atoms with Crippen molar-refractivity contribution < 1.29 is 5.21 Å². The Hall–Kier alpha value is -0.540. The van der Waals surface area contributed by atoms with Crippen LogP contribution in [0.5, 0.6) is 0 Å². The molecule has 1 saturated heterocycles. The van der Waals surface area contributed by atoms with Gasteiger partial charge in [0.2, 0.25) is 0 Å². The van der Waals surface area contributed by atoms with Gasteiger partial charge in [-0.05, 0) is 31.8 Å². The maximum absolute atomic E-state index is 7.79. The molecular weight excluding hydrogens is 164 g/mol. The summed E-state index contributed by atoms with van der Waals surface area (Å²) in [4.78, 5) is 0. The van der Waals surface area contributed by atoms with E-state index in [4.69, 9.17) is 10.9 Å². The number of fused-ring (bicyclic) bond motifs is 1. The van der Waals surface area contributed by atoms with E-state index in [-0.39, 0.29) is 6.04 Å². The molecule has 13 heavy (non-hydrogen) atoms. The molecule has 2 aliphatic rings. The average Bonchev–Trinajstić information content (AvgIpc) is 2.40. The molecule has 1 aliphatic heterocycles. The summed E-state index contributed by atoms with van der Waals surface area (Å²) in [7, 11) is 0. The molecule has 2 rings (SSSR count). The first kappa shape index (κ1) is 9.03. The van der Waals surface area contributed by atoms with E-state index in [0.29, 0.717) is 12.0 Å². The zero-order chi connectivity index (χ0) is 9.59. The Kier molecular flexibility index (Phi) is 2.08. The maximum atomic E-state index is 7.79. The Bertz CT molecular complexity index is 237. The monoisotopic (exact) mass is 183 g/mol. The quantitative estimate of drug-likeness (QED) is 0.605. The highest BCUT2D eigenvalue weighted by atomic mass is 16.5. The smallest absolute Gasteiger partial charge is 0.106 e. The van der Waals surface area contributed by atoms with E-state index in [1.54, 1.807) is 5.06 Å². The Balaban J connectivity index is 2.09. The molecule has 0 aromatic rings. The van der Waals surface area contributed by atoms with Gasteiger partial charge < -0.3 is 10.9 Å². The number of rotatable bonds is 1. The first-order valence-corrected chi connectivity index (χ1v) is 5.07. The van der Waals surface area contributed by atoms with E-state index in [1.165, 1.54) is 12.8 Å². The van der Waals surface area contributed by atoms with Crippen LogP contribution in [0.3, 0.4) is 0 Å². The van der Waals surface area contributed by atoms with Crippen molar-refractivity contribution in [1.82, 2.24) is 5.06 Å². The minimum Gasteiger partial charge on any atom is -0.325 e. The number of hydrogen-bond acceptors (Lipinski definition) is 2. The largest absolute Gasteiger partial charge is 0.325 e. The lowest BCUT2D eigenvalue weighted by Gasteiger charge is -2.39. The van der Waals surface area contributed by atoms with E-state index < -0.39 is 0 Å². The van der Waals surface area contributed by atoms with Crippen molar-refractivity contribution in [3.63, 3.8) is 0 Å². The van der Waals surface area contributed by atoms with Crippen LogP contribution >= 0.6 is 0 Å². The molecule has 0 aromatic carbocycles. The summed E-state index contributed by atoms with van der Waals surface area (Å²) in [6.07, 6.45) is 4.47. The second-order valence-electron chi connectivity index (χ2n) is 4.57. The Labute approximate surface area is 79.2 Å². The van der Waals surface area contributed by atoms with Crippen LogP contribution in [-0.4, -0.2) is 22.4 Å². The van der Waals surface area contributed by atoms with Crippen LogP contribution in [-0.2, 0) is 0 Å². The maximum Gasteiger partial charge on any atom is 0.106 e. The van der Waals surface area contributed by atoms with Gasteiger partial charge in [-0.15, -0.1) is 5.06 Å². The SMILES string of the molecule is C[C@@H]1CC2/C(=C\[C@H](C)N)N([OH2+])C2C1. The van der Waals surface area contributed by atoms with Crippen molar-refractivity contribution in [2.24, 2.45) is 17.6 Å². The Morgan fingerprint density at radius 2 is 2.31 bits per heavy atom. The van der Waals surface area contributed by atoms with Crippen molar-refractivity contribution >= 4 is 0 Å². The van der Waals surface area contributed by atoms with Gasteiger partial charge in [0.1, 0.15) is 6.04 Å². The molecule has 4 atom stereocenters. The zero-order valence-corrected chi connectivity index (χ0v) is 8.33. The molecule has 3 nitrogen and oxygen atoms in total. The van der Waals surface area contributed by atoms with Crippen LogP contribution in [0.2, 0.25) is 0 Å². The van der Waals surface area contributed by atoms with Gasteiger partial charge in [0.05, 0.1) is 5.70 Å². The summed E-state index contributed by atoms with van der Waals surface area (Å²) in [5.41, 5.74) is 6.85.